The minimum atomic E-state index is 0.717. The molecule has 68 valence electrons. The number of carbonyl (C=O) groups excluding carboxylic acids is 1. The lowest BCUT2D eigenvalue weighted by atomic mass is 9.83. The van der Waals surface area contributed by atoms with Crippen LogP contribution < -0.4 is 0 Å². The fourth-order valence-electron chi connectivity index (χ4n) is 2.10. The van der Waals surface area contributed by atoms with Crippen LogP contribution in [0.1, 0.15) is 45.4 Å². The third kappa shape index (κ3) is 2.47. The molecular weight excluding hydrogens is 148 g/mol. The van der Waals surface area contributed by atoms with E-state index in [4.69, 9.17) is 0 Å². The van der Waals surface area contributed by atoms with Crippen molar-refractivity contribution in [2.45, 2.75) is 45.4 Å². The minimum absolute atomic E-state index is 0.717. The summed E-state index contributed by atoms with van der Waals surface area (Å²) in [7, 11) is 0. The molecule has 0 atom stereocenters. The SMILES string of the molecule is CC/C(=C\C=O)C1CCCCC1. The number of hydrogen-bond donors (Lipinski definition) is 0. The largest absolute Gasteiger partial charge is 0.299 e. The van der Waals surface area contributed by atoms with Crippen LogP contribution >= 0.6 is 0 Å². The molecule has 0 unspecified atom stereocenters. The Kier molecular flexibility index (Phi) is 4.06. The highest BCUT2D eigenvalue weighted by Crippen LogP contribution is 2.30. The van der Waals surface area contributed by atoms with Crippen molar-refractivity contribution in [1.82, 2.24) is 0 Å². The van der Waals surface area contributed by atoms with Crippen molar-refractivity contribution in [2.75, 3.05) is 0 Å². The first-order chi connectivity index (χ1) is 5.88. The van der Waals surface area contributed by atoms with E-state index in [1.54, 1.807) is 6.08 Å². The molecule has 0 saturated heterocycles. The van der Waals surface area contributed by atoms with E-state index < -0.39 is 0 Å². The highest BCUT2D eigenvalue weighted by atomic mass is 16.1. The summed E-state index contributed by atoms with van der Waals surface area (Å²) in [6.45, 7) is 2.14. The second-order valence-corrected chi connectivity index (χ2v) is 3.57. The maximum Gasteiger partial charge on any atom is 0.142 e. The Bertz CT molecular complexity index is 164. The molecule has 1 nitrogen and oxygen atoms in total. The molecule has 1 fully saturated rings. The van der Waals surface area contributed by atoms with Gasteiger partial charge in [0.05, 0.1) is 0 Å². The van der Waals surface area contributed by atoms with Gasteiger partial charge in [0.2, 0.25) is 0 Å². The van der Waals surface area contributed by atoms with Crippen molar-refractivity contribution in [2.24, 2.45) is 5.92 Å². The average molecular weight is 166 g/mol. The molecule has 1 rings (SSSR count). The third-order valence-corrected chi connectivity index (χ3v) is 2.82. The molecule has 0 aromatic heterocycles. The first kappa shape index (κ1) is 9.50. The van der Waals surface area contributed by atoms with Gasteiger partial charge >= 0.3 is 0 Å². The van der Waals surface area contributed by atoms with E-state index in [9.17, 15) is 4.79 Å². The van der Waals surface area contributed by atoms with Gasteiger partial charge in [-0.25, -0.2) is 0 Å². The Morgan fingerprint density at radius 2 is 2.00 bits per heavy atom. The molecular formula is C11H18O. The first-order valence-electron chi connectivity index (χ1n) is 5.02. The Morgan fingerprint density at radius 1 is 1.33 bits per heavy atom. The molecule has 0 amide bonds. The van der Waals surface area contributed by atoms with Crippen LogP contribution in [0.4, 0.5) is 0 Å². The summed E-state index contributed by atoms with van der Waals surface area (Å²) in [5, 5.41) is 0. The summed E-state index contributed by atoms with van der Waals surface area (Å²) in [4.78, 5) is 10.3. The summed E-state index contributed by atoms with van der Waals surface area (Å²) in [5.41, 5.74) is 1.37. The van der Waals surface area contributed by atoms with Crippen LogP contribution in [0, 0.1) is 5.92 Å². The zero-order valence-corrected chi connectivity index (χ0v) is 7.88. The lowest BCUT2D eigenvalue weighted by Gasteiger charge is -2.23. The van der Waals surface area contributed by atoms with Gasteiger partial charge in [0.1, 0.15) is 6.29 Å². The van der Waals surface area contributed by atoms with Gasteiger partial charge < -0.3 is 0 Å². The second kappa shape index (κ2) is 5.13. The number of allylic oxidation sites excluding steroid dienone is 2. The maximum absolute atomic E-state index is 10.3. The Hall–Kier alpha value is -0.590. The number of carbonyl (C=O) groups is 1. The highest BCUT2D eigenvalue weighted by molar-refractivity contribution is 5.66. The molecule has 1 aliphatic rings. The molecule has 0 heterocycles. The highest BCUT2D eigenvalue weighted by Gasteiger charge is 2.15. The van der Waals surface area contributed by atoms with Gasteiger partial charge in [-0.2, -0.15) is 0 Å². The topological polar surface area (TPSA) is 17.1 Å². The quantitative estimate of drug-likeness (QED) is 0.465. The lowest BCUT2D eigenvalue weighted by molar-refractivity contribution is -0.104. The Morgan fingerprint density at radius 3 is 2.50 bits per heavy atom. The molecule has 1 aliphatic carbocycles. The average Bonchev–Trinajstić information content (AvgIpc) is 2.15. The van der Waals surface area contributed by atoms with Gasteiger partial charge in [0, 0.05) is 0 Å². The van der Waals surface area contributed by atoms with Crippen LogP contribution in [0.25, 0.3) is 0 Å². The van der Waals surface area contributed by atoms with Crippen molar-refractivity contribution in [3.05, 3.63) is 11.6 Å². The van der Waals surface area contributed by atoms with Crippen molar-refractivity contribution in [3.63, 3.8) is 0 Å². The van der Waals surface area contributed by atoms with Crippen molar-refractivity contribution in [1.29, 1.82) is 0 Å². The van der Waals surface area contributed by atoms with Crippen molar-refractivity contribution >= 4 is 6.29 Å². The molecule has 0 spiro atoms. The molecule has 0 aromatic rings. The van der Waals surface area contributed by atoms with E-state index in [0.717, 1.165) is 12.7 Å². The standard InChI is InChI=1S/C11H18O/c1-2-10(8-9-12)11-6-4-3-5-7-11/h8-9,11H,2-7H2,1H3/b10-8+. The molecule has 1 heteroatoms. The Balaban J connectivity index is 2.51. The normalized spacial score (nSPS) is 20.9. The van der Waals surface area contributed by atoms with Crippen molar-refractivity contribution < 1.29 is 4.79 Å². The van der Waals surface area contributed by atoms with E-state index in [-0.39, 0.29) is 0 Å². The molecule has 0 N–H and O–H groups in total. The van der Waals surface area contributed by atoms with Gasteiger partial charge in [-0.1, -0.05) is 31.8 Å². The summed E-state index contributed by atoms with van der Waals surface area (Å²) in [5.74, 6) is 0.717. The molecule has 0 aliphatic heterocycles. The number of rotatable bonds is 3. The summed E-state index contributed by atoms with van der Waals surface area (Å²) in [6.07, 6.45) is 10.4. The summed E-state index contributed by atoms with van der Waals surface area (Å²) < 4.78 is 0. The van der Waals surface area contributed by atoms with Crippen LogP contribution in [0.5, 0.6) is 0 Å². The second-order valence-electron chi connectivity index (χ2n) is 3.57. The third-order valence-electron chi connectivity index (χ3n) is 2.82. The van der Waals surface area contributed by atoms with E-state index >= 15 is 0 Å². The monoisotopic (exact) mass is 166 g/mol. The van der Waals surface area contributed by atoms with Crippen LogP contribution in [-0.4, -0.2) is 6.29 Å². The molecule has 0 radical (unpaired) electrons. The van der Waals surface area contributed by atoms with Gasteiger partial charge in [-0.05, 0) is 31.3 Å². The molecule has 1 saturated carbocycles. The first-order valence-corrected chi connectivity index (χ1v) is 5.02. The number of hydrogen-bond acceptors (Lipinski definition) is 1. The van der Waals surface area contributed by atoms with Gasteiger partial charge in [0.25, 0.3) is 0 Å². The lowest BCUT2D eigenvalue weighted by Crippen LogP contribution is -2.08. The summed E-state index contributed by atoms with van der Waals surface area (Å²) >= 11 is 0. The van der Waals surface area contributed by atoms with Gasteiger partial charge in [0.15, 0.2) is 0 Å². The fourth-order valence-corrected chi connectivity index (χ4v) is 2.10. The van der Waals surface area contributed by atoms with Crippen LogP contribution in [0.15, 0.2) is 11.6 Å². The van der Waals surface area contributed by atoms with Gasteiger partial charge in [-0.15, -0.1) is 0 Å². The number of aldehydes is 1. The minimum Gasteiger partial charge on any atom is -0.299 e. The molecule has 0 aromatic carbocycles. The van der Waals surface area contributed by atoms with Crippen LogP contribution in [-0.2, 0) is 4.79 Å². The van der Waals surface area contributed by atoms with E-state index in [2.05, 4.69) is 6.92 Å². The summed E-state index contributed by atoms with van der Waals surface area (Å²) in [6, 6.07) is 0. The predicted octanol–water partition coefficient (Wildman–Crippen LogP) is 3.10. The molecule has 0 bridgehead atoms. The van der Waals surface area contributed by atoms with Gasteiger partial charge in [-0.3, -0.25) is 4.79 Å². The molecule has 12 heavy (non-hydrogen) atoms. The zero-order chi connectivity index (χ0) is 8.81. The maximum atomic E-state index is 10.3. The van der Waals surface area contributed by atoms with E-state index in [1.807, 2.05) is 0 Å². The fraction of sp³-hybridized carbons (Fsp3) is 0.727. The van der Waals surface area contributed by atoms with Crippen molar-refractivity contribution in [3.8, 4) is 0 Å². The Labute approximate surface area is 74.9 Å². The van der Waals surface area contributed by atoms with E-state index in [1.165, 1.54) is 37.7 Å². The predicted molar refractivity (Wildman–Crippen MR) is 51.0 cm³/mol. The van der Waals surface area contributed by atoms with E-state index in [0.29, 0.717) is 5.92 Å². The zero-order valence-electron chi connectivity index (χ0n) is 7.88. The smallest absolute Gasteiger partial charge is 0.142 e. The van der Waals surface area contributed by atoms with Crippen LogP contribution in [0.2, 0.25) is 0 Å². The van der Waals surface area contributed by atoms with Crippen LogP contribution in [0.3, 0.4) is 0 Å².